The maximum absolute atomic E-state index is 5.53. The van der Waals surface area contributed by atoms with Gasteiger partial charge in [0.15, 0.2) is 0 Å². The molecule has 13 heavy (non-hydrogen) atoms. The Bertz CT molecular complexity index is 115. The first-order chi connectivity index (χ1) is 6.06. The first-order valence-corrected chi connectivity index (χ1v) is 5.31. The minimum atomic E-state index is 0.665. The molecule has 0 aromatic carbocycles. The van der Waals surface area contributed by atoms with E-state index in [0.29, 0.717) is 6.04 Å². The van der Waals surface area contributed by atoms with E-state index in [0.717, 1.165) is 30.4 Å². The van der Waals surface area contributed by atoms with Crippen molar-refractivity contribution in [1.29, 1.82) is 0 Å². The summed E-state index contributed by atoms with van der Waals surface area (Å²) in [4.78, 5) is 0. The lowest BCUT2D eigenvalue weighted by Crippen LogP contribution is -2.51. The van der Waals surface area contributed by atoms with Crippen LogP contribution in [0, 0.1) is 0 Å². The van der Waals surface area contributed by atoms with Crippen LogP contribution in [0.1, 0.15) is 26.7 Å². The summed E-state index contributed by atoms with van der Waals surface area (Å²) in [6, 6.07) is 0.665. The number of hydrogen-bond donors (Lipinski definition) is 2. The largest absolute Gasteiger partial charge is 0.330 e. The third-order valence-corrected chi connectivity index (χ3v) is 2.99. The predicted octanol–water partition coefficient (Wildman–Crippen LogP) is 0.539. The van der Waals surface area contributed by atoms with Crippen molar-refractivity contribution in [2.24, 2.45) is 11.5 Å². The van der Waals surface area contributed by atoms with E-state index >= 15 is 0 Å². The molecule has 0 radical (unpaired) electrons. The minimum Gasteiger partial charge on any atom is -0.330 e. The Hall–Kier alpha value is -0.120. The first-order valence-electron chi connectivity index (χ1n) is 5.31. The lowest BCUT2D eigenvalue weighted by Gasteiger charge is -2.38. The van der Waals surface area contributed by atoms with Gasteiger partial charge in [-0.25, -0.2) is 0 Å². The number of rotatable bonds is 7. The lowest BCUT2D eigenvalue weighted by molar-refractivity contribution is -0.929. The molecule has 0 aromatic heterocycles. The number of nitrogens with zero attached hydrogens (tertiary/aromatic N) is 1. The molecule has 0 aliphatic carbocycles. The number of hydrogen-bond acceptors (Lipinski definition) is 2. The summed E-state index contributed by atoms with van der Waals surface area (Å²) in [5, 5.41) is 0. The zero-order valence-corrected chi connectivity index (χ0v) is 9.42. The molecule has 0 aliphatic rings. The summed E-state index contributed by atoms with van der Waals surface area (Å²) in [5.74, 6) is 0. The molecule has 3 heteroatoms. The van der Waals surface area contributed by atoms with Crippen LogP contribution in [-0.2, 0) is 0 Å². The van der Waals surface area contributed by atoms with Crippen molar-refractivity contribution in [1.82, 2.24) is 0 Å². The molecule has 0 saturated heterocycles. The van der Waals surface area contributed by atoms with Crippen LogP contribution in [0.15, 0.2) is 0 Å². The first kappa shape index (κ1) is 12.9. The zero-order valence-electron chi connectivity index (χ0n) is 9.42. The van der Waals surface area contributed by atoms with E-state index in [-0.39, 0.29) is 0 Å². The number of nitrogens with two attached hydrogens (primary N) is 2. The average molecular weight is 188 g/mol. The molecule has 0 unspecified atom stereocenters. The van der Waals surface area contributed by atoms with E-state index in [2.05, 4.69) is 20.9 Å². The Balaban J connectivity index is 4.00. The quantitative estimate of drug-likeness (QED) is 0.573. The standard InChI is InChI=1S/C10H26N3/c1-10(2)13(3,8-4-6-11)9-5-7-12/h10H,4-9,11-12H2,1-3H3/q+1. The molecular formula is C10H26N3+. The minimum absolute atomic E-state index is 0.665. The third-order valence-electron chi connectivity index (χ3n) is 2.99. The van der Waals surface area contributed by atoms with Crippen LogP contribution in [0.4, 0.5) is 0 Å². The van der Waals surface area contributed by atoms with Gasteiger partial charge < -0.3 is 16.0 Å². The van der Waals surface area contributed by atoms with Gasteiger partial charge in [-0.05, 0) is 26.9 Å². The van der Waals surface area contributed by atoms with Crippen LogP contribution >= 0.6 is 0 Å². The maximum Gasteiger partial charge on any atom is 0.0831 e. The Morgan fingerprint density at radius 2 is 1.38 bits per heavy atom. The van der Waals surface area contributed by atoms with Crippen LogP contribution in [0.2, 0.25) is 0 Å². The second kappa shape index (κ2) is 6.35. The molecular weight excluding hydrogens is 162 g/mol. The van der Waals surface area contributed by atoms with Crippen LogP contribution in [0.5, 0.6) is 0 Å². The summed E-state index contributed by atoms with van der Waals surface area (Å²) < 4.78 is 1.11. The number of quaternary nitrogens is 1. The van der Waals surface area contributed by atoms with Crippen molar-refractivity contribution in [2.45, 2.75) is 32.7 Å². The molecule has 4 N–H and O–H groups in total. The van der Waals surface area contributed by atoms with Crippen molar-refractivity contribution >= 4 is 0 Å². The molecule has 0 atom stereocenters. The van der Waals surface area contributed by atoms with E-state index < -0.39 is 0 Å². The van der Waals surface area contributed by atoms with Crippen molar-refractivity contribution in [2.75, 3.05) is 33.2 Å². The summed E-state index contributed by atoms with van der Waals surface area (Å²) >= 11 is 0. The highest BCUT2D eigenvalue weighted by atomic mass is 15.3. The summed E-state index contributed by atoms with van der Waals surface area (Å²) in [6.45, 7) is 8.48. The fourth-order valence-electron chi connectivity index (χ4n) is 1.53. The van der Waals surface area contributed by atoms with Gasteiger partial charge in [-0.15, -0.1) is 0 Å². The van der Waals surface area contributed by atoms with Crippen LogP contribution in [-0.4, -0.2) is 43.8 Å². The van der Waals surface area contributed by atoms with Crippen molar-refractivity contribution < 1.29 is 4.48 Å². The van der Waals surface area contributed by atoms with Crippen LogP contribution < -0.4 is 11.5 Å². The van der Waals surface area contributed by atoms with E-state index in [1.165, 1.54) is 13.1 Å². The lowest BCUT2D eigenvalue weighted by atomic mass is 10.2. The van der Waals surface area contributed by atoms with Crippen molar-refractivity contribution in [3.8, 4) is 0 Å². The van der Waals surface area contributed by atoms with Gasteiger partial charge in [0.1, 0.15) is 0 Å². The van der Waals surface area contributed by atoms with Gasteiger partial charge in [0, 0.05) is 12.8 Å². The smallest absolute Gasteiger partial charge is 0.0831 e. The molecule has 0 amide bonds. The molecule has 0 bridgehead atoms. The predicted molar refractivity (Wildman–Crippen MR) is 58.4 cm³/mol. The Morgan fingerprint density at radius 3 is 1.62 bits per heavy atom. The van der Waals surface area contributed by atoms with Crippen LogP contribution in [0.25, 0.3) is 0 Å². The molecule has 0 rings (SSSR count). The third kappa shape index (κ3) is 4.60. The summed E-state index contributed by atoms with van der Waals surface area (Å²) in [7, 11) is 2.30. The SMILES string of the molecule is CC(C)[N+](C)(CCCN)CCCN. The summed E-state index contributed by atoms with van der Waals surface area (Å²) in [6.07, 6.45) is 2.22. The highest BCUT2D eigenvalue weighted by Crippen LogP contribution is 2.11. The van der Waals surface area contributed by atoms with Crippen LogP contribution in [0.3, 0.4) is 0 Å². The Labute approximate surface area is 82.7 Å². The van der Waals surface area contributed by atoms with Gasteiger partial charge in [-0.2, -0.15) is 0 Å². The van der Waals surface area contributed by atoms with Gasteiger partial charge in [-0.3, -0.25) is 0 Å². The fraction of sp³-hybridized carbons (Fsp3) is 1.00. The highest BCUT2D eigenvalue weighted by molar-refractivity contribution is 4.48. The molecule has 0 aliphatic heterocycles. The Kier molecular flexibility index (Phi) is 6.29. The highest BCUT2D eigenvalue weighted by Gasteiger charge is 2.23. The molecule has 0 saturated carbocycles. The molecule has 80 valence electrons. The second-order valence-corrected chi connectivity index (χ2v) is 4.30. The Morgan fingerprint density at radius 1 is 1.00 bits per heavy atom. The average Bonchev–Trinajstić information content (AvgIpc) is 2.11. The topological polar surface area (TPSA) is 52.0 Å². The molecule has 3 nitrogen and oxygen atoms in total. The molecule has 0 fully saturated rings. The van der Waals surface area contributed by atoms with Gasteiger partial charge in [0.2, 0.25) is 0 Å². The van der Waals surface area contributed by atoms with Crippen molar-refractivity contribution in [3.63, 3.8) is 0 Å². The molecule has 0 heterocycles. The van der Waals surface area contributed by atoms with Gasteiger partial charge >= 0.3 is 0 Å². The van der Waals surface area contributed by atoms with Crippen molar-refractivity contribution in [3.05, 3.63) is 0 Å². The van der Waals surface area contributed by atoms with E-state index in [4.69, 9.17) is 11.5 Å². The molecule has 0 aromatic rings. The van der Waals surface area contributed by atoms with E-state index in [1.54, 1.807) is 0 Å². The van der Waals surface area contributed by atoms with Gasteiger partial charge in [0.25, 0.3) is 0 Å². The normalized spacial score (nSPS) is 12.5. The maximum atomic E-state index is 5.53. The monoisotopic (exact) mass is 188 g/mol. The van der Waals surface area contributed by atoms with E-state index in [9.17, 15) is 0 Å². The van der Waals surface area contributed by atoms with E-state index in [1.807, 2.05) is 0 Å². The van der Waals surface area contributed by atoms with Gasteiger partial charge in [-0.1, -0.05) is 0 Å². The zero-order chi connectivity index (χ0) is 10.3. The molecule has 0 spiro atoms. The fourth-order valence-corrected chi connectivity index (χ4v) is 1.53. The second-order valence-electron chi connectivity index (χ2n) is 4.30. The van der Waals surface area contributed by atoms with Gasteiger partial charge in [0.05, 0.1) is 26.2 Å². The summed E-state index contributed by atoms with van der Waals surface area (Å²) in [5.41, 5.74) is 11.1.